The largest absolute Gasteiger partial charge is 0.399 e. The Morgan fingerprint density at radius 1 is 1.29 bits per heavy atom. The summed E-state index contributed by atoms with van der Waals surface area (Å²) in [5.74, 6) is 0.650. The molecule has 0 radical (unpaired) electrons. The molecular weight excluding hydrogens is 254 g/mol. The van der Waals surface area contributed by atoms with Gasteiger partial charge in [-0.1, -0.05) is 23.7 Å². The molecule has 0 unspecified atom stereocenters. The lowest BCUT2D eigenvalue weighted by atomic mass is 10.3. The first-order valence-electron chi connectivity index (χ1n) is 5.02. The Labute approximate surface area is 109 Å². The maximum Gasteiger partial charge on any atom is 0.134 e. The molecule has 5 heteroatoms. The summed E-state index contributed by atoms with van der Waals surface area (Å²) in [6.45, 7) is 0. The van der Waals surface area contributed by atoms with E-state index in [-0.39, 0.29) is 0 Å². The Morgan fingerprint density at radius 2 is 2.06 bits per heavy atom. The zero-order valence-electron chi connectivity index (χ0n) is 9.27. The normalized spacial score (nSPS) is 10.2. The first kappa shape index (κ1) is 12.1. The Balaban J connectivity index is 2.31. The molecule has 3 nitrogen and oxygen atoms in total. The molecule has 0 saturated heterocycles. The van der Waals surface area contributed by atoms with Crippen LogP contribution in [0.2, 0.25) is 5.15 Å². The van der Waals surface area contributed by atoms with Gasteiger partial charge in [-0.2, -0.15) is 0 Å². The minimum absolute atomic E-state index is 0.383. The molecule has 1 heterocycles. The molecule has 2 rings (SSSR count). The molecule has 0 amide bonds. The van der Waals surface area contributed by atoms with E-state index in [1.54, 1.807) is 23.9 Å². The highest BCUT2D eigenvalue weighted by atomic mass is 35.5. The van der Waals surface area contributed by atoms with Gasteiger partial charge in [-0.3, -0.25) is 0 Å². The number of rotatable bonds is 3. The molecule has 3 N–H and O–H groups in total. The number of nitrogen functional groups attached to an aromatic ring is 1. The molecule has 17 heavy (non-hydrogen) atoms. The van der Waals surface area contributed by atoms with E-state index in [9.17, 15) is 0 Å². The molecule has 0 spiro atoms. The maximum atomic E-state index is 5.85. The highest BCUT2D eigenvalue weighted by molar-refractivity contribution is 7.98. The van der Waals surface area contributed by atoms with Crippen LogP contribution < -0.4 is 11.1 Å². The van der Waals surface area contributed by atoms with Gasteiger partial charge >= 0.3 is 0 Å². The molecule has 0 saturated carbocycles. The SMILES string of the molecule is CSc1ccccc1Nc1cc(N)cc(Cl)n1. The third kappa shape index (κ3) is 3.05. The van der Waals surface area contributed by atoms with Gasteiger partial charge in [0, 0.05) is 16.6 Å². The smallest absolute Gasteiger partial charge is 0.134 e. The minimum atomic E-state index is 0.383. The average Bonchev–Trinajstić information content (AvgIpc) is 2.28. The van der Waals surface area contributed by atoms with E-state index >= 15 is 0 Å². The first-order chi connectivity index (χ1) is 8.19. The van der Waals surface area contributed by atoms with Crippen LogP contribution in [0.1, 0.15) is 0 Å². The van der Waals surface area contributed by atoms with Crippen molar-refractivity contribution in [1.82, 2.24) is 4.98 Å². The number of anilines is 3. The molecular formula is C12H12ClN3S. The van der Waals surface area contributed by atoms with Crippen molar-refractivity contribution in [2.24, 2.45) is 0 Å². The summed E-state index contributed by atoms with van der Waals surface area (Å²) >= 11 is 7.52. The first-order valence-corrected chi connectivity index (χ1v) is 6.62. The Morgan fingerprint density at radius 3 is 2.76 bits per heavy atom. The Kier molecular flexibility index (Phi) is 3.76. The number of aromatic nitrogens is 1. The lowest BCUT2D eigenvalue weighted by molar-refractivity contribution is 1.29. The molecule has 0 aliphatic rings. The van der Waals surface area contributed by atoms with Crippen molar-refractivity contribution in [2.75, 3.05) is 17.3 Å². The fourth-order valence-electron chi connectivity index (χ4n) is 1.47. The molecule has 0 fully saturated rings. The highest BCUT2D eigenvalue weighted by Gasteiger charge is 2.03. The molecule has 1 aromatic carbocycles. The second-order valence-corrected chi connectivity index (χ2v) is 4.67. The summed E-state index contributed by atoms with van der Waals surface area (Å²) in [6, 6.07) is 11.4. The van der Waals surface area contributed by atoms with E-state index in [4.69, 9.17) is 17.3 Å². The monoisotopic (exact) mass is 265 g/mol. The van der Waals surface area contributed by atoms with Gasteiger partial charge in [0.2, 0.25) is 0 Å². The fraction of sp³-hybridized carbons (Fsp3) is 0.0833. The van der Waals surface area contributed by atoms with Crippen molar-refractivity contribution in [1.29, 1.82) is 0 Å². The van der Waals surface area contributed by atoms with E-state index < -0.39 is 0 Å². The van der Waals surface area contributed by atoms with Gasteiger partial charge in [-0.05, 0) is 24.5 Å². The average molecular weight is 266 g/mol. The quantitative estimate of drug-likeness (QED) is 0.655. The molecule has 0 aliphatic carbocycles. The number of hydrogen-bond donors (Lipinski definition) is 2. The van der Waals surface area contributed by atoms with Crippen LogP contribution in [-0.2, 0) is 0 Å². The van der Waals surface area contributed by atoms with E-state index in [0.29, 0.717) is 16.7 Å². The molecule has 0 bridgehead atoms. The van der Waals surface area contributed by atoms with Crippen LogP contribution in [0, 0.1) is 0 Å². The Bertz CT molecular complexity index is 511. The van der Waals surface area contributed by atoms with Gasteiger partial charge in [0.15, 0.2) is 0 Å². The number of pyridine rings is 1. The summed E-state index contributed by atoms with van der Waals surface area (Å²) < 4.78 is 0. The number of para-hydroxylation sites is 1. The van der Waals surface area contributed by atoms with Crippen LogP contribution in [0.4, 0.5) is 17.2 Å². The van der Waals surface area contributed by atoms with Gasteiger partial charge in [0.25, 0.3) is 0 Å². The predicted octanol–water partition coefficient (Wildman–Crippen LogP) is 3.78. The maximum absolute atomic E-state index is 5.85. The topological polar surface area (TPSA) is 50.9 Å². The fourth-order valence-corrected chi connectivity index (χ4v) is 2.24. The lowest BCUT2D eigenvalue weighted by Gasteiger charge is -2.10. The van der Waals surface area contributed by atoms with Crippen LogP contribution in [-0.4, -0.2) is 11.2 Å². The molecule has 2 aromatic rings. The van der Waals surface area contributed by atoms with Crippen molar-refractivity contribution in [3.8, 4) is 0 Å². The minimum Gasteiger partial charge on any atom is -0.399 e. The second-order valence-electron chi connectivity index (χ2n) is 3.43. The molecule has 0 atom stereocenters. The zero-order valence-corrected chi connectivity index (χ0v) is 10.8. The summed E-state index contributed by atoms with van der Waals surface area (Å²) in [5.41, 5.74) is 7.30. The van der Waals surface area contributed by atoms with Gasteiger partial charge in [0.1, 0.15) is 11.0 Å². The van der Waals surface area contributed by atoms with E-state index in [1.807, 2.05) is 30.5 Å². The number of nitrogens with one attached hydrogen (secondary N) is 1. The molecule has 1 aromatic heterocycles. The van der Waals surface area contributed by atoms with Crippen molar-refractivity contribution < 1.29 is 0 Å². The van der Waals surface area contributed by atoms with Crippen LogP contribution in [0.5, 0.6) is 0 Å². The number of nitrogens with two attached hydrogens (primary N) is 1. The van der Waals surface area contributed by atoms with Crippen LogP contribution in [0.25, 0.3) is 0 Å². The summed E-state index contributed by atoms with van der Waals surface area (Å²) in [7, 11) is 0. The number of thioether (sulfide) groups is 1. The van der Waals surface area contributed by atoms with Crippen LogP contribution >= 0.6 is 23.4 Å². The van der Waals surface area contributed by atoms with Gasteiger partial charge in [-0.15, -0.1) is 11.8 Å². The van der Waals surface area contributed by atoms with Crippen molar-refractivity contribution in [3.63, 3.8) is 0 Å². The summed E-state index contributed by atoms with van der Waals surface area (Å²) in [5, 5.41) is 3.59. The van der Waals surface area contributed by atoms with Gasteiger partial charge in [-0.25, -0.2) is 4.98 Å². The van der Waals surface area contributed by atoms with Crippen molar-refractivity contribution in [2.45, 2.75) is 4.90 Å². The third-order valence-corrected chi connectivity index (χ3v) is 3.18. The number of benzene rings is 1. The summed E-state index contributed by atoms with van der Waals surface area (Å²) in [4.78, 5) is 5.32. The zero-order chi connectivity index (χ0) is 12.3. The number of nitrogens with zero attached hydrogens (tertiary/aromatic N) is 1. The highest BCUT2D eigenvalue weighted by Crippen LogP contribution is 2.28. The van der Waals surface area contributed by atoms with Crippen molar-refractivity contribution in [3.05, 3.63) is 41.6 Å². The Hall–Kier alpha value is -1.39. The van der Waals surface area contributed by atoms with E-state index in [0.717, 1.165) is 10.6 Å². The van der Waals surface area contributed by atoms with Crippen molar-refractivity contribution >= 4 is 40.6 Å². The van der Waals surface area contributed by atoms with Gasteiger partial charge < -0.3 is 11.1 Å². The number of halogens is 1. The molecule has 88 valence electrons. The third-order valence-electron chi connectivity index (χ3n) is 2.19. The van der Waals surface area contributed by atoms with Crippen LogP contribution in [0.3, 0.4) is 0 Å². The lowest BCUT2D eigenvalue weighted by Crippen LogP contribution is -1.97. The number of hydrogen-bond acceptors (Lipinski definition) is 4. The predicted molar refractivity (Wildman–Crippen MR) is 75.2 cm³/mol. The van der Waals surface area contributed by atoms with E-state index in [1.165, 1.54) is 0 Å². The second kappa shape index (κ2) is 5.29. The standard InChI is InChI=1S/C12H12ClN3S/c1-17-10-5-3-2-4-9(10)15-12-7-8(14)6-11(13)16-12/h2-7H,1H3,(H3,14,15,16). The van der Waals surface area contributed by atoms with Crippen LogP contribution in [0.15, 0.2) is 41.3 Å². The molecule has 0 aliphatic heterocycles. The van der Waals surface area contributed by atoms with Gasteiger partial charge in [0.05, 0.1) is 5.69 Å². The van der Waals surface area contributed by atoms with E-state index in [2.05, 4.69) is 10.3 Å². The summed E-state index contributed by atoms with van der Waals surface area (Å²) in [6.07, 6.45) is 2.03.